The van der Waals surface area contributed by atoms with E-state index in [0.717, 1.165) is 11.3 Å². The molecule has 1 aliphatic heterocycles. The van der Waals surface area contributed by atoms with Gasteiger partial charge in [0.25, 0.3) is 5.91 Å². The largest absolute Gasteiger partial charge is 0.493 e. The van der Waals surface area contributed by atoms with Crippen molar-refractivity contribution in [2.24, 2.45) is 5.92 Å². The Balaban J connectivity index is 1.61. The summed E-state index contributed by atoms with van der Waals surface area (Å²) in [7, 11) is 1.60. The highest BCUT2D eigenvalue weighted by Gasteiger charge is 2.30. The van der Waals surface area contributed by atoms with Crippen LogP contribution in [-0.2, 0) is 4.79 Å². The Kier molecular flexibility index (Phi) is 7.76. The van der Waals surface area contributed by atoms with Crippen molar-refractivity contribution in [3.05, 3.63) is 59.0 Å². The fourth-order valence-corrected chi connectivity index (χ4v) is 4.24. The third kappa shape index (κ3) is 5.55. The number of methoxy groups -OCH3 is 1. The molecule has 1 heterocycles. The molecule has 7 heteroatoms. The Morgan fingerprint density at radius 1 is 1.10 bits per heavy atom. The number of rotatable bonds is 9. The normalized spacial score (nSPS) is 16.1. The second kappa shape index (κ2) is 10.5. The monoisotopic (exact) mass is 443 g/mol. The number of para-hydroxylation sites is 1. The summed E-state index contributed by atoms with van der Waals surface area (Å²) in [6.45, 7) is 5.61. The average Bonchev–Trinajstić information content (AvgIpc) is 3.03. The summed E-state index contributed by atoms with van der Waals surface area (Å²) in [6.07, 6.45) is 1.83. The first kappa shape index (κ1) is 22.2. The molecule has 0 aliphatic carbocycles. The molecule has 1 fully saturated rings. The predicted molar refractivity (Wildman–Crippen MR) is 125 cm³/mol. The van der Waals surface area contributed by atoms with Gasteiger partial charge in [0, 0.05) is 12.5 Å². The van der Waals surface area contributed by atoms with Crippen LogP contribution in [0.3, 0.4) is 0 Å². The Bertz CT molecular complexity index is 930. The van der Waals surface area contributed by atoms with E-state index in [-0.39, 0.29) is 11.8 Å². The maximum absolute atomic E-state index is 12.4. The topological polar surface area (TPSA) is 48.0 Å². The Labute approximate surface area is 187 Å². The predicted octanol–water partition coefficient (Wildman–Crippen LogP) is 5.01. The first-order valence-electron chi connectivity index (χ1n) is 9.75. The van der Waals surface area contributed by atoms with E-state index in [1.54, 1.807) is 12.0 Å². The molecule has 0 saturated carbocycles. The number of hydrogen-bond donors (Lipinski definition) is 0. The smallest absolute Gasteiger partial charge is 0.266 e. The number of nitrogens with zero attached hydrogens (tertiary/aromatic N) is 1. The highest BCUT2D eigenvalue weighted by Crippen LogP contribution is 2.34. The van der Waals surface area contributed by atoms with Gasteiger partial charge in [-0.3, -0.25) is 9.69 Å². The maximum atomic E-state index is 12.4. The summed E-state index contributed by atoms with van der Waals surface area (Å²) in [6, 6.07) is 15.3. The number of ether oxygens (including phenoxy) is 3. The van der Waals surface area contributed by atoms with Gasteiger partial charge in [-0.1, -0.05) is 55.2 Å². The second-order valence-electron chi connectivity index (χ2n) is 6.88. The quantitative estimate of drug-likeness (QED) is 0.401. The second-order valence-corrected chi connectivity index (χ2v) is 8.55. The van der Waals surface area contributed by atoms with E-state index < -0.39 is 0 Å². The van der Waals surface area contributed by atoms with Gasteiger partial charge in [-0.05, 0) is 42.8 Å². The van der Waals surface area contributed by atoms with Gasteiger partial charge < -0.3 is 14.2 Å². The van der Waals surface area contributed by atoms with Crippen molar-refractivity contribution >= 4 is 40.3 Å². The molecule has 0 aromatic heterocycles. The number of likely N-dealkylation sites (N-methyl/N-ethyl adjacent to an activating group) is 1. The number of benzene rings is 2. The van der Waals surface area contributed by atoms with E-state index in [9.17, 15) is 4.79 Å². The molecule has 0 radical (unpaired) electrons. The summed E-state index contributed by atoms with van der Waals surface area (Å²) in [5, 5.41) is 0. The Morgan fingerprint density at radius 2 is 1.83 bits per heavy atom. The van der Waals surface area contributed by atoms with E-state index in [2.05, 4.69) is 6.92 Å². The van der Waals surface area contributed by atoms with Crippen LogP contribution in [-0.4, -0.2) is 42.0 Å². The molecule has 30 heavy (non-hydrogen) atoms. The molecule has 0 unspecified atom stereocenters. The molecular formula is C23H25NO4S2. The van der Waals surface area contributed by atoms with Gasteiger partial charge in [0.2, 0.25) is 0 Å². The summed E-state index contributed by atoms with van der Waals surface area (Å²) < 4.78 is 17.8. The zero-order chi connectivity index (χ0) is 21.5. The molecule has 3 rings (SSSR count). The number of carbonyl (C=O) groups excluding carboxylic acids is 1. The molecule has 2 aromatic rings. The number of hydrogen-bond acceptors (Lipinski definition) is 6. The van der Waals surface area contributed by atoms with Crippen LogP contribution in [0.1, 0.15) is 19.4 Å². The lowest BCUT2D eigenvalue weighted by Gasteiger charge is -2.16. The minimum absolute atomic E-state index is 0.0564. The number of amides is 1. The lowest BCUT2D eigenvalue weighted by molar-refractivity contribution is -0.121. The molecular weight excluding hydrogens is 418 g/mol. The van der Waals surface area contributed by atoms with Gasteiger partial charge in [-0.15, -0.1) is 0 Å². The van der Waals surface area contributed by atoms with Gasteiger partial charge >= 0.3 is 0 Å². The van der Waals surface area contributed by atoms with Crippen molar-refractivity contribution in [2.45, 2.75) is 13.8 Å². The van der Waals surface area contributed by atoms with Crippen LogP contribution in [0, 0.1) is 5.92 Å². The molecule has 1 aliphatic rings. The van der Waals surface area contributed by atoms with Crippen molar-refractivity contribution in [2.75, 3.05) is 26.9 Å². The van der Waals surface area contributed by atoms with Crippen LogP contribution in [0.5, 0.6) is 17.2 Å². The summed E-state index contributed by atoms with van der Waals surface area (Å²) in [5.74, 6) is 2.26. The lowest BCUT2D eigenvalue weighted by atomic mass is 10.1. The van der Waals surface area contributed by atoms with E-state index in [4.69, 9.17) is 26.4 Å². The molecule has 1 atom stereocenters. The van der Waals surface area contributed by atoms with Crippen LogP contribution in [0.15, 0.2) is 53.4 Å². The van der Waals surface area contributed by atoms with E-state index in [0.29, 0.717) is 40.5 Å². The van der Waals surface area contributed by atoms with Crippen LogP contribution in [0.2, 0.25) is 0 Å². The van der Waals surface area contributed by atoms with Crippen LogP contribution in [0.4, 0.5) is 0 Å². The highest BCUT2D eigenvalue weighted by molar-refractivity contribution is 8.26. The Morgan fingerprint density at radius 3 is 2.50 bits per heavy atom. The molecule has 1 amide bonds. The van der Waals surface area contributed by atoms with E-state index in [1.165, 1.54) is 11.8 Å². The third-order valence-electron chi connectivity index (χ3n) is 4.48. The summed E-state index contributed by atoms with van der Waals surface area (Å²) in [5.41, 5.74) is 0.858. The fourth-order valence-electron chi connectivity index (χ4n) is 2.85. The van der Waals surface area contributed by atoms with Gasteiger partial charge in [-0.25, -0.2) is 0 Å². The van der Waals surface area contributed by atoms with Crippen molar-refractivity contribution in [3.8, 4) is 17.2 Å². The van der Waals surface area contributed by atoms with Crippen molar-refractivity contribution < 1.29 is 19.0 Å². The minimum Gasteiger partial charge on any atom is -0.493 e. The SMILES string of the molecule is CCN1C(=O)/C(=C/c2ccc(OC[C@@H](C)COc3ccccc3)c(OC)c2)SC1=S. The molecule has 0 bridgehead atoms. The molecule has 158 valence electrons. The van der Waals surface area contributed by atoms with Gasteiger partial charge in [0.15, 0.2) is 11.5 Å². The van der Waals surface area contributed by atoms with Gasteiger partial charge in [0.05, 0.1) is 25.2 Å². The summed E-state index contributed by atoms with van der Waals surface area (Å²) >= 11 is 6.58. The van der Waals surface area contributed by atoms with Gasteiger partial charge in [-0.2, -0.15) is 0 Å². The highest BCUT2D eigenvalue weighted by atomic mass is 32.2. The number of carbonyl (C=O) groups is 1. The summed E-state index contributed by atoms with van der Waals surface area (Å²) in [4.78, 5) is 14.6. The first-order chi connectivity index (χ1) is 14.5. The van der Waals surface area contributed by atoms with Crippen molar-refractivity contribution in [1.29, 1.82) is 0 Å². The molecule has 1 saturated heterocycles. The van der Waals surface area contributed by atoms with Crippen molar-refractivity contribution in [1.82, 2.24) is 4.90 Å². The first-order valence-corrected chi connectivity index (χ1v) is 11.0. The third-order valence-corrected chi connectivity index (χ3v) is 5.85. The zero-order valence-corrected chi connectivity index (χ0v) is 18.9. The van der Waals surface area contributed by atoms with E-state index >= 15 is 0 Å². The standard InChI is InChI=1S/C23H25NO4S2/c1-4-24-22(25)21(30-23(24)29)13-17-10-11-19(20(12-17)26-3)28-15-16(2)14-27-18-8-6-5-7-9-18/h5-13,16H,4,14-15H2,1-3H3/b21-13-/t16-/m0/s1. The average molecular weight is 444 g/mol. The van der Waals surface area contributed by atoms with E-state index in [1.807, 2.05) is 61.5 Å². The minimum atomic E-state index is -0.0564. The van der Waals surface area contributed by atoms with Crippen LogP contribution >= 0.6 is 24.0 Å². The molecule has 2 aromatic carbocycles. The zero-order valence-electron chi connectivity index (χ0n) is 17.3. The molecule has 5 nitrogen and oxygen atoms in total. The van der Waals surface area contributed by atoms with Crippen LogP contribution in [0.25, 0.3) is 6.08 Å². The van der Waals surface area contributed by atoms with Crippen LogP contribution < -0.4 is 14.2 Å². The van der Waals surface area contributed by atoms with Gasteiger partial charge in [0.1, 0.15) is 10.1 Å². The lowest BCUT2D eigenvalue weighted by Crippen LogP contribution is -2.27. The van der Waals surface area contributed by atoms with Crippen molar-refractivity contribution in [3.63, 3.8) is 0 Å². The number of thioether (sulfide) groups is 1. The molecule has 0 N–H and O–H groups in total. The maximum Gasteiger partial charge on any atom is 0.266 e. The Hall–Kier alpha value is -2.51. The molecule has 0 spiro atoms. The number of thiocarbonyl (C=S) groups is 1. The fraction of sp³-hybridized carbons (Fsp3) is 0.304.